The van der Waals surface area contributed by atoms with Gasteiger partial charge in [0, 0.05) is 17.4 Å². The van der Waals surface area contributed by atoms with Gasteiger partial charge in [0.05, 0.1) is 5.92 Å². The van der Waals surface area contributed by atoms with E-state index < -0.39 is 11.6 Å². The number of benzene rings is 1. The van der Waals surface area contributed by atoms with Crippen LogP contribution in [0.15, 0.2) is 30.3 Å². The maximum absolute atomic E-state index is 13.0. The molecule has 3 atom stereocenters. The van der Waals surface area contributed by atoms with Crippen molar-refractivity contribution in [2.75, 3.05) is 6.54 Å². The van der Waals surface area contributed by atoms with E-state index in [2.05, 4.69) is 0 Å². The minimum atomic E-state index is -0.564. The fourth-order valence-electron chi connectivity index (χ4n) is 3.53. The van der Waals surface area contributed by atoms with E-state index in [9.17, 15) is 14.4 Å². The summed E-state index contributed by atoms with van der Waals surface area (Å²) < 4.78 is 5.49. The molecule has 5 nitrogen and oxygen atoms in total. The minimum Gasteiger partial charge on any atom is -0.458 e. The first kappa shape index (κ1) is 19.9. The van der Waals surface area contributed by atoms with Crippen molar-refractivity contribution < 1.29 is 19.1 Å². The van der Waals surface area contributed by atoms with E-state index in [1.165, 1.54) is 11.8 Å². The molecule has 0 N–H and O–H groups in total. The molecule has 2 aliphatic rings. The molecule has 2 unspecified atom stereocenters. The smallest absolute Gasteiger partial charge is 0.329 e. The third kappa shape index (κ3) is 4.72. The van der Waals surface area contributed by atoms with Crippen LogP contribution in [0.1, 0.15) is 56.8 Å². The van der Waals surface area contributed by atoms with Crippen LogP contribution in [-0.2, 0) is 14.3 Å². The quantitative estimate of drug-likeness (QED) is 0.735. The number of ether oxygens (including phenoxy) is 1. The van der Waals surface area contributed by atoms with E-state index in [0.717, 1.165) is 19.3 Å². The van der Waals surface area contributed by atoms with Crippen LogP contribution in [0.3, 0.4) is 0 Å². The van der Waals surface area contributed by atoms with Gasteiger partial charge in [-0.05, 0) is 46.5 Å². The SMILES string of the molecule is CC(C)(C)OC(=O)[C@@H]1CCCN1C(=O)C1CCC1SC(=O)c1ccccc1. The Hall–Kier alpha value is -1.82. The Morgan fingerprint density at radius 3 is 2.37 bits per heavy atom. The summed E-state index contributed by atoms with van der Waals surface area (Å²) >= 11 is 1.25. The maximum Gasteiger partial charge on any atom is 0.329 e. The molecule has 3 rings (SSSR count). The summed E-state index contributed by atoms with van der Waals surface area (Å²) in [6.45, 7) is 6.09. The maximum atomic E-state index is 13.0. The second-order valence-electron chi connectivity index (χ2n) is 8.22. The number of thioether (sulfide) groups is 1. The van der Waals surface area contributed by atoms with Gasteiger partial charge in [-0.2, -0.15) is 0 Å². The Balaban J connectivity index is 1.61. The van der Waals surface area contributed by atoms with Gasteiger partial charge in [-0.1, -0.05) is 42.1 Å². The molecule has 0 bridgehead atoms. The number of amides is 1. The molecule has 146 valence electrons. The van der Waals surface area contributed by atoms with Crippen LogP contribution < -0.4 is 0 Å². The van der Waals surface area contributed by atoms with Crippen molar-refractivity contribution in [1.82, 2.24) is 4.90 Å². The highest BCUT2D eigenvalue weighted by atomic mass is 32.2. The van der Waals surface area contributed by atoms with E-state index in [-0.39, 0.29) is 28.2 Å². The first-order valence-corrected chi connectivity index (χ1v) is 10.4. The Morgan fingerprint density at radius 2 is 1.78 bits per heavy atom. The van der Waals surface area contributed by atoms with Crippen LogP contribution in [0.4, 0.5) is 0 Å². The Morgan fingerprint density at radius 1 is 1.07 bits per heavy atom. The fourth-order valence-corrected chi connectivity index (χ4v) is 4.75. The number of hydrogen-bond donors (Lipinski definition) is 0. The first-order valence-electron chi connectivity index (χ1n) is 9.55. The van der Waals surface area contributed by atoms with Crippen molar-refractivity contribution in [3.63, 3.8) is 0 Å². The average molecular weight is 390 g/mol. The number of nitrogens with zero attached hydrogens (tertiary/aromatic N) is 1. The topological polar surface area (TPSA) is 63.7 Å². The average Bonchev–Trinajstić information content (AvgIpc) is 3.07. The number of rotatable bonds is 4. The minimum absolute atomic E-state index is 0.00298. The van der Waals surface area contributed by atoms with Gasteiger partial charge >= 0.3 is 5.97 Å². The highest BCUT2D eigenvalue weighted by Crippen LogP contribution is 2.41. The monoisotopic (exact) mass is 389 g/mol. The van der Waals surface area contributed by atoms with Gasteiger partial charge in [-0.25, -0.2) is 4.79 Å². The van der Waals surface area contributed by atoms with Gasteiger partial charge in [0.15, 0.2) is 0 Å². The molecule has 0 aromatic heterocycles. The lowest BCUT2D eigenvalue weighted by atomic mass is 9.83. The van der Waals surface area contributed by atoms with Crippen molar-refractivity contribution in [3.8, 4) is 0 Å². The first-order chi connectivity index (χ1) is 12.8. The van der Waals surface area contributed by atoms with E-state index in [1.54, 1.807) is 17.0 Å². The van der Waals surface area contributed by atoms with Crippen molar-refractivity contribution in [2.24, 2.45) is 5.92 Å². The largest absolute Gasteiger partial charge is 0.458 e. The fraction of sp³-hybridized carbons (Fsp3) is 0.571. The van der Waals surface area contributed by atoms with E-state index in [4.69, 9.17) is 4.74 Å². The number of hydrogen-bond acceptors (Lipinski definition) is 5. The van der Waals surface area contributed by atoms with Crippen molar-refractivity contribution in [1.29, 1.82) is 0 Å². The van der Waals surface area contributed by atoms with Crippen molar-refractivity contribution in [3.05, 3.63) is 35.9 Å². The number of carbonyl (C=O) groups is 3. The number of esters is 1. The molecule has 1 heterocycles. The third-order valence-electron chi connectivity index (χ3n) is 5.01. The lowest BCUT2D eigenvalue weighted by Gasteiger charge is -2.38. The number of likely N-dealkylation sites (tertiary alicyclic amines) is 1. The molecular formula is C21H27NO4S. The lowest BCUT2D eigenvalue weighted by Crippen LogP contribution is -2.50. The molecule has 0 radical (unpaired) electrons. The Kier molecular flexibility index (Phi) is 5.94. The molecule has 27 heavy (non-hydrogen) atoms. The second-order valence-corrected chi connectivity index (χ2v) is 9.43. The van der Waals surface area contributed by atoms with Crippen LogP contribution in [0, 0.1) is 5.92 Å². The van der Waals surface area contributed by atoms with Gasteiger partial charge in [0.2, 0.25) is 11.0 Å². The van der Waals surface area contributed by atoms with Crippen LogP contribution in [-0.4, -0.2) is 45.3 Å². The Bertz CT molecular complexity index is 713. The number of carbonyl (C=O) groups excluding carboxylic acids is 3. The van der Waals surface area contributed by atoms with E-state index >= 15 is 0 Å². The van der Waals surface area contributed by atoms with Gasteiger partial charge in [-0.3, -0.25) is 9.59 Å². The van der Waals surface area contributed by atoms with Crippen LogP contribution in [0.2, 0.25) is 0 Å². The predicted molar refractivity (Wildman–Crippen MR) is 105 cm³/mol. The highest BCUT2D eigenvalue weighted by Gasteiger charge is 2.45. The van der Waals surface area contributed by atoms with Gasteiger partial charge in [-0.15, -0.1) is 0 Å². The van der Waals surface area contributed by atoms with Gasteiger partial charge in [0.1, 0.15) is 11.6 Å². The molecular weight excluding hydrogens is 362 g/mol. The molecule has 1 saturated carbocycles. The highest BCUT2D eigenvalue weighted by molar-refractivity contribution is 8.14. The molecule has 1 aliphatic carbocycles. The lowest BCUT2D eigenvalue weighted by molar-refractivity contribution is -0.164. The standard InChI is InChI=1S/C21H27NO4S/c1-21(2,3)26-19(24)16-10-7-13-22(16)18(23)15-11-12-17(15)27-20(25)14-8-5-4-6-9-14/h4-6,8-9,15-17H,7,10-13H2,1-3H3/t15?,16-,17?/m0/s1. The zero-order chi connectivity index (χ0) is 19.6. The normalized spacial score (nSPS) is 25.0. The predicted octanol–water partition coefficient (Wildman–Crippen LogP) is 3.67. The third-order valence-corrected chi connectivity index (χ3v) is 6.33. The summed E-state index contributed by atoms with van der Waals surface area (Å²) in [4.78, 5) is 39.6. The zero-order valence-electron chi connectivity index (χ0n) is 16.1. The molecule has 1 aromatic carbocycles. The second kappa shape index (κ2) is 8.05. The van der Waals surface area contributed by atoms with Crippen LogP contribution >= 0.6 is 11.8 Å². The molecule has 1 aliphatic heterocycles. The summed E-state index contributed by atoms with van der Waals surface area (Å²) in [5.74, 6) is -0.518. The molecule has 1 aromatic rings. The zero-order valence-corrected chi connectivity index (χ0v) is 17.0. The molecule has 0 spiro atoms. The summed E-state index contributed by atoms with van der Waals surface area (Å²) in [5, 5.41) is -0.00620. The summed E-state index contributed by atoms with van der Waals surface area (Å²) in [6.07, 6.45) is 3.08. The van der Waals surface area contributed by atoms with Gasteiger partial charge in [0.25, 0.3) is 0 Å². The molecule has 1 amide bonds. The van der Waals surface area contributed by atoms with E-state index in [1.807, 2.05) is 39.0 Å². The van der Waals surface area contributed by atoms with E-state index in [0.29, 0.717) is 18.5 Å². The molecule has 1 saturated heterocycles. The summed E-state index contributed by atoms with van der Waals surface area (Å²) in [5.41, 5.74) is 0.0964. The van der Waals surface area contributed by atoms with Crippen molar-refractivity contribution >= 4 is 28.8 Å². The summed E-state index contributed by atoms with van der Waals surface area (Å²) in [6, 6.07) is 8.65. The van der Waals surface area contributed by atoms with Crippen LogP contribution in [0.5, 0.6) is 0 Å². The molecule has 2 fully saturated rings. The Labute approximate surface area is 164 Å². The summed E-state index contributed by atoms with van der Waals surface area (Å²) in [7, 11) is 0. The van der Waals surface area contributed by atoms with Crippen LogP contribution in [0.25, 0.3) is 0 Å². The van der Waals surface area contributed by atoms with Crippen molar-refractivity contribution in [2.45, 2.75) is 63.3 Å². The van der Waals surface area contributed by atoms with Gasteiger partial charge < -0.3 is 9.64 Å². The molecule has 6 heteroatoms.